The highest BCUT2D eigenvalue weighted by Gasteiger charge is 2.40. The molecule has 2 amide bonds. The maximum absolute atomic E-state index is 13.9. The third-order valence-electron chi connectivity index (χ3n) is 6.13. The minimum Gasteiger partial charge on any atom is -0.495 e. The van der Waals surface area contributed by atoms with E-state index in [0.29, 0.717) is 18.0 Å². The number of benzene rings is 3. The molecule has 0 saturated heterocycles. The van der Waals surface area contributed by atoms with E-state index in [4.69, 9.17) is 4.74 Å². The van der Waals surface area contributed by atoms with Crippen LogP contribution < -0.4 is 15.0 Å². The Hall–Kier alpha value is -3.71. The molecule has 1 N–H and O–H groups in total. The average Bonchev–Trinajstić information content (AvgIpc) is 3.05. The Morgan fingerprint density at radius 3 is 2.53 bits per heavy atom. The third-order valence-corrected chi connectivity index (χ3v) is 7.28. The van der Waals surface area contributed by atoms with Crippen molar-refractivity contribution in [3.8, 4) is 5.75 Å². The number of para-hydroxylation sites is 3. The second-order valence-corrected chi connectivity index (χ2v) is 9.09. The molecule has 0 radical (unpaired) electrons. The van der Waals surface area contributed by atoms with E-state index >= 15 is 0 Å². The number of thioether (sulfide) groups is 1. The molecule has 0 fully saturated rings. The van der Waals surface area contributed by atoms with Gasteiger partial charge in [0.2, 0.25) is 11.8 Å². The second-order valence-electron chi connectivity index (χ2n) is 8.13. The van der Waals surface area contributed by atoms with Gasteiger partial charge in [0.1, 0.15) is 11.8 Å². The molecule has 4 aromatic rings. The molecule has 1 aliphatic heterocycles. The second kappa shape index (κ2) is 9.27. The van der Waals surface area contributed by atoms with E-state index in [0.717, 1.165) is 27.1 Å². The highest BCUT2D eigenvalue weighted by atomic mass is 32.2. The lowest BCUT2D eigenvalue weighted by atomic mass is 10.0. The lowest BCUT2D eigenvalue weighted by Gasteiger charge is -2.30. The molecule has 1 aliphatic rings. The van der Waals surface area contributed by atoms with E-state index in [-0.39, 0.29) is 17.6 Å². The summed E-state index contributed by atoms with van der Waals surface area (Å²) in [6.45, 7) is 0.372. The Kier molecular flexibility index (Phi) is 6.02. The molecule has 0 unspecified atom stereocenters. The van der Waals surface area contributed by atoms with Crippen LogP contribution in [0.25, 0.3) is 10.9 Å². The number of aromatic nitrogens is 1. The molecule has 1 atom stereocenters. The summed E-state index contributed by atoms with van der Waals surface area (Å²) in [6, 6.07) is 24.3. The predicted octanol–water partition coefficient (Wildman–Crippen LogP) is 4.68. The molecule has 3 aromatic carbocycles. The quantitative estimate of drug-likeness (QED) is 0.459. The van der Waals surface area contributed by atoms with Gasteiger partial charge in [-0.15, -0.1) is 0 Å². The van der Waals surface area contributed by atoms with Gasteiger partial charge in [-0.1, -0.05) is 72.4 Å². The molecular formula is C27H25N3O3S. The van der Waals surface area contributed by atoms with Crippen molar-refractivity contribution in [3.63, 3.8) is 0 Å². The van der Waals surface area contributed by atoms with Gasteiger partial charge in [-0.05, 0) is 23.8 Å². The largest absolute Gasteiger partial charge is 0.495 e. The number of aryl methyl sites for hydroxylation is 1. The van der Waals surface area contributed by atoms with Crippen LogP contribution in [0.4, 0.5) is 5.69 Å². The van der Waals surface area contributed by atoms with Crippen LogP contribution in [0.15, 0.2) is 83.9 Å². The molecule has 1 aromatic heterocycles. The van der Waals surface area contributed by atoms with E-state index in [2.05, 4.69) is 9.88 Å². The fourth-order valence-corrected chi connectivity index (χ4v) is 5.61. The van der Waals surface area contributed by atoms with Crippen LogP contribution in [-0.4, -0.2) is 29.2 Å². The van der Waals surface area contributed by atoms with Crippen LogP contribution in [0.3, 0.4) is 0 Å². The fourth-order valence-electron chi connectivity index (χ4n) is 4.54. The predicted molar refractivity (Wildman–Crippen MR) is 135 cm³/mol. The van der Waals surface area contributed by atoms with E-state index < -0.39 is 6.04 Å². The zero-order valence-corrected chi connectivity index (χ0v) is 19.8. The van der Waals surface area contributed by atoms with Crippen LogP contribution >= 0.6 is 11.8 Å². The normalized spacial score (nSPS) is 15.6. The summed E-state index contributed by atoms with van der Waals surface area (Å²) in [6.07, 6.45) is 0. The van der Waals surface area contributed by atoms with Gasteiger partial charge in [0.25, 0.3) is 0 Å². The van der Waals surface area contributed by atoms with Crippen molar-refractivity contribution >= 4 is 40.2 Å². The number of nitrogens with one attached hydrogen (secondary N) is 1. The first-order valence-electron chi connectivity index (χ1n) is 11.1. The number of hydrogen-bond donors (Lipinski definition) is 1. The number of hydrogen-bond acceptors (Lipinski definition) is 4. The summed E-state index contributed by atoms with van der Waals surface area (Å²) in [5.41, 5.74) is 3.43. The summed E-state index contributed by atoms with van der Waals surface area (Å²) in [4.78, 5) is 29.1. The summed E-state index contributed by atoms with van der Waals surface area (Å²) in [5.74, 6) is 0.390. The van der Waals surface area contributed by atoms with Gasteiger partial charge >= 0.3 is 0 Å². The maximum Gasteiger partial charge on any atom is 0.248 e. The Bertz CT molecular complexity index is 1370. The molecule has 7 heteroatoms. The van der Waals surface area contributed by atoms with Gasteiger partial charge in [-0.25, -0.2) is 0 Å². The SMILES string of the molecule is COc1ccccc1N1C(=O)CSc2c(c3ccccc3n2C)[C@@H]1C(=O)NCc1ccccc1. The number of ether oxygens (including phenoxy) is 1. The lowest BCUT2D eigenvalue weighted by Crippen LogP contribution is -2.44. The van der Waals surface area contributed by atoms with Crippen molar-refractivity contribution in [2.75, 3.05) is 17.8 Å². The van der Waals surface area contributed by atoms with E-state index in [1.165, 1.54) is 11.8 Å². The van der Waals surface area contributed by atoms with E-state index in [1.54, 1.807) is 12.0 Å². The number of carbonyl (C=O) groups excluding carboxylic acids is 2. The van der Waals surface area contributed by atoms with Crippen molar-refractivity contribution in [2.45, 2.75) is 17.6 Å². The molecule has 6 nitrogen and oxygen atoms in total. The molecular weight excluding hydrogens is 446 g/mol. The van der Waals surface area contributed by atoms with E-state index in [9.17, 15) is 9.59 Å². The van der Waals surface area contributed by atoms with Gasteiger partial charge in [-0.2, -0.15) is 0 Å². The van der Waals surface area contributed by atoms with Gasteiger partial charge in [0.05, 0.1) is 23.6 Å². The number of fused-ring (bicyclic) bond motifs is 3. The molecule has 0 aliphatic carbocycles. The average molecular weight is 472 g/mol. The van der Waals surface area contributed by atoms with Gasteiger partial charge in [0, 0.05) is 30.1 Å². The molecule has 2 heterocycles. The van der Waals surface area contributed by atoms with Crippen molar-refractivity contribution in [2.24, 2.45) is 7.05 Å². The summed E-state index contributed by atoms with van der Waals surface area (Å²) >= 11 is 1.47. The number of amides is 2. The highest BCUT2D eigenvalue weighted by molar-refractivity contribution is 8.00. The number of methoxy groups -OCH3 is 1. The fraction of sp³-hybridized carbons (Fsp3) is 0.185. The Morgan fingerprint density at radius 2 is 1.74 bits per heavy atom. The molecule has 5 rings (SSSR count). The monoisotopic (exact) mass is 471 g/mol. The first-order chi connectivity index (χ1) is 16.6. The molecule has 0 saturated carbocycles. The molecule has 172 valence electrons. The van der Waals surface area contributed by atoms with Crippen molar-refractivity contribution in [1.29, 1.82) is 0 Å². The summed E-state index contributed by atoms with van der Waals surface area (Å²) in [7, 11) is 3.56. The first kappa shape index (κ1) is 22.1. The third kappa shape index (κ3) is 3.82. The Balaban J connectivity index is 1.68. The lowest BCUT2D eigenvalue weighted by molar-refractivity contribution is -0.125. The standard InChI is InChI=1S/C27H25N3O3S/c1-29-20-13-7-6-12-19(20)24-25(26(32)28-16-18-10-4-3-5-11-18)30(23(31)17-34-27(24)29)21-14-8-9-15-22(21)33-2/h3-15,25H,16-17H2,1-2H3,(H,28,32)/t25-/m1/s1. The van der Waals surface area contributed by atoms with Crippen molar-refractivity contribution in [1.82, 2.24) is 9.88 Å². The first-order valence-corrected chi connectivity index (χ1v) is 12.1. The van der Waals surface area contributed by atoms with Crippen LogP contribution in [0.5, 0.6) is 5.75 Å². The number of rotatable bonds is 5. The summed E-state index contributed by atoms with van der Waals surface area (Å²) in [5, 5.41) is 4.96. The van der Waals surface area contributed by atoms with Crippen molar-refractivity contribution in [3.05, 3.63) is 90.0 Å². The smallest absolute Gasteiger partial charge is 0.248 e. The van der Waals surface area contributed by atoms with E-state index in [1.807, 2.05) is 85.9 Å². The Labute approximate surface area is 202 Å². The highest BCUT2D eigenvalue weighted by Crippen LogP contribution is 2.45. The minimum absolute atomic E-state index is 0.144. The zero-order chi connectivity index (χ0) is 23.7. The minimum atomic E-state index is -0.844. The molecule has 34 heavy (non-hydrogen) atoms. The number of nitrogens with zero attached hydrogens (tertiary/aromatic N) is 2. The molecule has 0 spiro atoms. The van der Waals surface area contributed by atoms with Crippen LogP contribution in [0, 0.1) is 0 Å². The molecule has 0 bridgehead atoms. The van der Waals surface area contributed by atoms with Gasteiger partial charge < -0.3 is 14.6 Å². The van der Waals surface area contributed by atoms with Crippen LogP contribution in [0.2, 0.25) is 0 Å². The topological polar surface area (TPSA) is 63.6 Å². The van der Waals surface area contributed by atoms with Crippen molar-refractivity contribution < 1.29 is 14.3 Å². The number of carbonyl (C=O) groups is 2. The Morgan fingerprint density at radius 1 is 1.03 bits per heavy atom. The summed E-state index contributed by atoms with van der Waals surface area (Å²) < 4.78 is 7.66. The van der Waals surface area contributed by atoms with Gasteiger partial charge in [0.15, 0.2) is 0 Å². The van der Waals surface area contributed by atoms with Crippen LogP contribution in [0.1, 0.15) is 17.2 Å². The van der Waals surface area contributed by atoms with Gasteiger partial charge in [-0.3, -0.25) is 14.5 Å². The van der Waals surface area contributed by atoms with Crippen LogP contribution in [-0.2, 0) is 23.2 Å². The zero-order valence-electron chi connectivity index (χ0n) is 19.0. The number of anilines is 1. The maximum atomic E-state index is 13.9.